The number of ketones is 1. The normalized spacial score (nSPS) is 19.3. The molecule has 1 fully saturated rings. The highest BCUT2D eigenvalue weighted by atomic mass is 16.5. The Morgan fingerprint density at radius 3 is 1.40 bits per heavy atom. The summed E-state index contributed by atoms with van der Waals surface area (Å²) in [5.74, 6) is 0.518. The lowest BCUT2D eigenvalue weighted by atomic mass is 9.73. The van der Waals surface area contributed by atoms with Crippen LogP contribution < -0.4 is 0 Å². The number of hydrogen-bond acceptors (Lipinski definition) is 3. The van der Waals surface area contributed by atoms with Crippen molar-refractivity contribution in [2.75, 3.05) is 0 Å². The van der Waals surface area contributed by atoms with Crippen molar-refractivity contribution >= 4 is 5.78 Å². The van der Waals surface area contributed by atoms with Crippen LogP contribution in [-0.4, -0.2) is 27.1 Å². The van der Waals surface area contributed by atoms with Crippen LogP contribution >= 0.6 is 0 Å². The predicted octanol–water partition coefficient (Wildman–Crippen LogP) is 8.48. The third-order valence-electron chi connectivity index (χ3n) is 7.12. The zero-order chi connectivity index (χ0) is 22.5. The van der Waals surface area contributed by atoms with Gasteiger partial charge in [-0.25, -0.2) is 0 Å². The number of hydroxylamine groups is 2. The van der Waals surface area contributed by atoms with Gasteiger partial charge in [0, 0.05) is 23.4 Å². The maximum Gasteiger partial charge on any atom is 0.136 e. The molecule has 1 heterocycles. The fraction of sp³-hybridized carbons (Fsp3) is 0.963. The molecule has 1 aliphatic heterocycles. The molecule has 0 aliphatic carbocycles. The number of unbranched alkanes of at least 4 members (excludes halogenated alkanes) is 14. The predicted molar refractivity (Wildman–Crippen MR) is 129 cm³/mol. The van der Waals surface area contributed by atoms with Crippen molar-refractivity contribution < 1.29 is 10.0 Å². The number of rotatable bonds is 17. The number of nitrogens with zero attached hydrogens (tertiary/aromatic N) is 1. The average Bonchev–Trinajstić information content (AvgIpc) is 2.68. The zero-order valence-corrected chi connectivity index (χ0v) is 21.1. The van der Waals surface area contributed by atoms with Crippen LogP contribution in [0.5, 0.6) is 0 Å². The number of hydrogen-bond donors (Lipinski definition) is 1. The minimum atomic E-state index is -0.322. The number of carbonyl (C=O) groups is 1. The van der Waals surface area contributed by atoms with Gasteiger partial charge in [0.05, 0.1) is 0 Å². The topological polar surface area (TPSA) is 40.5 Å². The Morgan fingerprint density at radius 1 is 0.700 bits per heavy atom. The molecule has 3 nitrogen and oxygen atoms in total. The molecule has 3 heteroatoms. The molecule has 0 atom stereocenters. The largest absolute Gasteiger partial charge is 0.313 e. The highest BCUT2D eigenvalue weighted by Gasteiger charge is 2.46. The maximum atomic E-state index is 12.7. The van der Waals surface area contributed by atoms with Crippen molar-refractivity contribution in [3.8, 4) is 0 Å². The molecule has 0 aromatic rings. The highest BCUT2D eigenvalue weighted by molar-refractivity contribution is 5.81. The van der Waals surface area contributed by atoms with Crippen LogP contribution in [0.2, 0.25) is 0 Å². The first-order valence-corrected chi connectivity index (χ1v) is 13.2. The van der Waals surface area contributed by atoms with E-state index in [1.165, 1.54) is 95.0 Å². The molecule has 0 radical (unpaired) electrons. The Bertz CT molecular complexity index is 440. The lowest BCUT2D eigenvalue weighted by Crippen LogP contribution is -2.59. The summed E-state index contributed by atoms with van der Waals surface area (Å²) in [6.45, 7) is 10.5. The fourth-order valence-corrected chi connectivity index (χ4v) is 5.37. The Morgan fingerprint density at radius 2 is 1.03 bits per heavy atom. The van der Waals surface area contributed by atoms with Crippen molar-refractivity contribution in [3.63, 3.8) is 0 Å². The van der Waals surface area contributed by atoms with Crippen molar-refractivity contribution in [2.45, 2.75) is 161 Å². The molecule has 1 rings (SSSR count). The molecule has 1 saturated heterocycles. The van der Waals surface area contributed by atoms with E-state index >= 15 is 0 Å². The molecular formula is C27H53NO2. The summed E-state index contributed by atoms with van der Waals surface area (Å²) in [5, 5.41) is 11.9. The summed E-state index contributed by atoms with van der Waals surface area (Å²) < 4.78 is 0. The Labute approximate surface area is 188 Å². The quantitative estimate of drug-likeness (QED) is 0.238. The molecule has 30 heavy (non-hydrogen) atoms. The molecule has 0 spiro atoms. The summed E-state index contributed by atoms with van der Waals surface area (Å²) in [5.41, 5.74) is -0.645. The van der Waals surface area contributed by atoms with Gasteiger partial charge in [-0.3, -0.25) is 4.79 Å². The van der Waals surface area contributed by atoms with E-state index in [0.717, 1.165) is 25.7 Å². The van der Waals surface area contributed by atoms with E-state index in [-0.39, 0.29) is 17.0 Å². The summed E-state index contributed by atoms with van der Waals surface area (Å²) in [6, 6.07) is 0. The molecule has 0 unspecified atom stereocenters. The van der Waals surface area contributed by atoms with Crippen LogP contribution in [0, 0.1) is 5.92 Å². The molecule has 178 valence electrons. The van der Waals surface area contributed by atoms with Gasteiger partial charge in [-0.2, -0.15) is 5.06 Å². The van der Waals surface area contributed by atoms with E-state index in [0.29, 0.717) is 5.78 Å². The third-order valence-corrected chi connectivity index (χ3v) is 7.12. The average molecular weight is 424 g/mol. The lowest BCUT2D eigenvalue weighted by Gasteiger charge is -2.51. The SMILES string of the molecule is CCCCCCCCCCCCCCCCCC(=O)C1CC(C)(C)N(O)C(C)(C)C1. The zero-order valence-electron chi connectivity index (χ0n) is 21.1. The smallest absolute Gasteiger partial charge is 0.136 e. The van der Waals surface area contributed by atoms with E-state index < -0.39 is 0 Å². The van der Waals surface area contributed by atoms with Crippen LogP contribution in [-0.2, 0) is 4.79 Å². The molecule has 0 aromatic heterocycles. The molecule has 1 N–H and O–H groups in total. The summed E-state index contributed by atoms with van der Waals surface area (Å²) in [7, 11) is 0. The first-order chi connectivity index (χ1) is 14.2. The number of piperidine rings is 1. The summed E-state index contributed by atoms with van der Waals surface area (Å²) in [6.07, 6.45) is 22.6. The van der Waals surface area contributed by atoms with Crippen LogP contribution in [0.25, 0.3) is 0 Å². The third kappa shape index (κ3) is 10.8. The van der Waals surface area contributed by atoms with Gasteiger partial charge in [0.15, 0.2) is 0 Å². The summed E-state index contributed by atoms with van der Waals surface area (Å²) >= 11 is 0. The van der Waals surface area contributed by atoms with Crippen molar-refractivity contribution in [1.29, 1.82) is 0 Å². The van der Waals surface area contributed by atoms with Crippen LogP contribution in [0.3, 0.4) is 0 Å². The Hall–Kier alpha value is -0.410. The second-order valence-corrected chi connectivity index (χ2v) is 11.2. The minimum absolute atomic E-state index is 0.102. The Balaban J connectivity index is 1.97. The molecule has 0 amide bonds. The van der Waals surface area contributed by atoms with Gasteiger partial charge in [-0.1, -0.05) is 96.8 Å². The molecule has 1 aliphatic rings. The molecule has 0 bridgehead atoms. The van der Waals surface area contributed by atoms with Gasteiger partial charge in [0.25, 0.3) is 0 Å². The van der Waals surface area contributed by atoms with E-state index in [1.54, 1.807) is 0 Å². The second-order valence-electron chi connectivity index (χ2n) is 11.2. The minimum Gasteiger partial charge on any atom is -0.313 e. The van der Waals surface area contributed by atoms with Gasteiger partial charge >= 0.3 is 0 Å². The van der Waals surface area contributed by atoms with Gasteiger partial charge in [0.2, 0.25) is 0 Å². The van der Waals surface area contributed by atoms with Crippen molar-refractivity contribution in [1.82, 2.24) is 5.06 Å². The van der Waals surface area contributed by atoms with Gasteiger partial charge in [0.1, 0.15) is 5.78 Å². The van der Waals surface area contributed by atoms with Gasteiger partial charge in [-0.15, -0.1) is 0 Å². The summed E-state index contributed by atoms with van der Waals surface area (Å²) in [4.78, 5) is 12.7. The maximum absolute atomic E-state index is 12.7. The first kappa shape index (κ1) is 27.6. The number of Topliss-reactive ketones (excluding diaryl/α,β-unsaturated/α-hetero) is 1. The fourth-order valence-electron chi connectivity index (χ4n) is 5.37. The number of carbonyl (C=O) groups excluding carboxylic acids is 1. The first-order valence-electron chi connectivity index (χ1n) is 13.2. The van der Waals surface area contributed by atoms with E-state index in [2.05, 4.69) is 6.92 Å². The van der Waals surface area contributed by atoms with Crippen molar-refractivity contribution in [2.24, 2.45) is 5.92 Å². The van der Waals surface area contributed by atoms with E-state index in [4.69, 9.17) is 0 Å². The van der Waals surface area contributed by atoms with Crippen molar-refractivity contribution in [3.05, 3.63) is 0 Å². The van der Waals surface area contributed by atoms with E-state index in [1.807, 2.05) is 27.7 Å². The van der Waals surface area contributed by atoms with E-state index in [9.17, 15) is 10.0 Å². The molecular weight excluding hydrogens is 370 g/mol. The van der Waals surface area contributed by atoms with Gasteiger partial charge in [-0.05, 0) is 47.0 Å². The Kier molecular flexibility index (Phi) is 13.5. The van der Waals surface area contributed by atoms with Crippen LogP contribution in [0.15, 0.2) is 0 Å². The highest BCUT2D eigenvalue weighted by Crippen LogP contribution is 2.40. The van der Waals surface area contributed by atoms with Gasteiger partial charge < -0.3 is 5.21 Å². The standard InChI is InChI=1S/C27H53NO2/c1-6-7-8-9-10-11-12-13-14-15-16-17-18-19-20-21-25(29)24-22-26(2,3)28(30)27(4,5)23-24/h24,30H,6-23H2,1-5H3. The van der Waals surface area contributed by atoms with Crippen LogP contribution in [0.4, 0.5) is 0 Å². The monoisotopic (exact) mass is 423 g/mol. The van der Waals surface area contributed by atoms with Crippen LogP contribution in [0.1, 0.15) is 150 Å². The second kappa shape index (κ2) is 14.6. The lowest BCUT2D eigenvalue weighted by molar-refractivity contribution is -0.249. The molecule has 0 aromatic carbocycles. The molecule has 0 saturated carbocycles.